The van der Waals surface area contributed by atoms with Crippen LogP contribution in [-0.2, 0) is 17.6 Å². The Morgan fingerprint density at radius 3 is 2.71 bits per heavy atom. The number of aryl methyl sites for hydroxylation is 1. The summed E-state index contributed by atoms with van der Waals surface area (Å²) >= 11 is 1.55. The molecular formula is C22H21N3O2S. The molecule has 1 aromatic heterocycles. The maximum absolute atomic E-state index is 13.0. The molecule has 6 heteroatoms. The van der Waals surface area contributed by atoms with Gasteiger partial charge in [0.2, 0.25) is 11.8 Å². The van der Waals surface area contributed by atoms with Crippen LogP contribution >= 0.6 is 11.3 Å². The van der Waals surface area contributed by atoms with Gasteiger partial charge in [0.25, 0.3) is 0 Å². The molecule has 0 unspecified atom stereocenters. The van der Waals surface area contributed by atoms with Gasteiger partial charge in [0.15, 0.2) is 0 Å². The van der Waals surface area contributed by atoms with E-state index in [0.29, 0.717) is 12.1 Å². The summed E-state index contributed by atoms with van der Waals surface area (Å²) in [7, 11) is 0. The zero-order valence-electron chi connectivity index (χ0n) is 15.6. The van der Waals surface area contributed by atoms with Crippen LogP contribution in [0.25, 0.3) is 10.6 Å². The minimum Gasteiger partial charge on any atom is -0.366 e. The molecule has 0 atom stereocenters. The van der Waals surface area contributed by atoms with E-state index in [-0.39, 0.29) is 12.3 Å². The number of thiazole rings is 1. The van der Waals surface area contributed by atoms with E-state index in [1.807, 2.05) is 23.6 Å². The molecule has 1 aliphatic rings. The summed E-state index contributed by atoms with van der Waals surface area (Å²) < 4.78 is 0. The lowest BCUT2D eigenvalue weighted by atomic mass is 9.95. The summed E-state index contributed by atoms with van der Waals surface area (Å²) in [6.45, 7) is 2.69. The number of carbonyl (C=O) groups is 2. The molecule has 0 saturated carbocycles. The fraction of sp³-hybridized carbons (Fsp3) is 0.227. The predicted octanol–water partition coefficient (Wildman–Crippen LogP) is 3.74. The summed E-state index contributed by atoms with van der Waals surface area (Å²) in [6, 6.07) is 13.6. The van der Waals surface area contributed by atoms with Crippen LogP contribution in [0.3, 0.4) is 0 Å². The van der Waals surface area contributed by atoms with E-state index < -0.39 is 5.91 Å². The summed E-state index contributed by atoms with van der Waals surface area (Å²) in [5, 5.41) is 2.86. The first-order chi connectivity index (χ1) is 13.5. The number of hydrogen-bond acceptors (Lipinski definition) is 4. The Hall–Kier alpha value is -2.99. The first-order valence-corrected chi connectivity index (χ1v) is 10.1. The monoisotopic (exact) mass is 391 g/mol. The Morgan fingerprint density at radius 2 is 1.96 bits per heavy atom. The predicted molar refractivity (Wildman–Crippen MR) is 112 cm³/mol. The normalized spacial score (nSPS) is 13.2. The van der Waals surface area contributed by atoms with Gasteiger partial charge in [0, 0.05) is 28.7 Å². The van der Waals surface area contributed by atoms with E-state index in [2.05, 4.69) is 24.0 Å². The molecule has 0 fully saturated rings. The zero-order valence-corrected chi connectivity index (χ0v) is 16.5. The number of amides is 2. The smallest absolute Gasteiger partial charge is 0.249 e. The minimum absolute atomic E-state index is 0.0108. The third kappa shape index (κ3) is 3.55. The number of fused-ring (bicyclic) bond motifs is 1. The van der Waals surface area contributed by atoms with Gasteiger partial charge < -0.3 is 10.6 Å². The fourth-order valence-corrected chi connectivity index (χ4v) is 4.41. The number of carbonyl (C=O) groups excluding carboxylic acids is 2. The van der Waals surface area contributed by atoms with Crippen LogP contribution < -0.4 is 10.6 Å². The standard InChI is InChI=1S/C22H21N3O2S/c1-14-7-9-15(10-8-14)22-24-16(13-28-22)12-20(26)25-11-3-5-17-18(21(23)27)4-2-6-19(17)25/h2,4,6-10,13H,3,5,11-12H2,1H3,(H2,23,27). The molecule has 3 aromatic rings. The maximum Gasteiger partial charge on any atom is 0.249 e. The SMILES string of the molecule is Cc1ccc(-c2nc(CC(=O)N3CCCc4c(C(N)=O)cccc43)cs2)cc1. The van der Waals surface area contributed by atoms with Crippen molar-refractivity contribution in [3.8, 4) is 10.6 Å². The second-order valence-corrected chi connectivity index (χ2v) is 7.86. The molecule has 0 radical (unpaired) electrons. The lowest BCUT2D eigenvalue weighted by molar-refractivity contribution is -0.118. The van der Waals surface area contributed by atoms with Gasteiger partial charge in [-0.15, -0.1) is 11.3 Å². The Balaban J connectivity index is 1.55. The Morgan fingerprint density at radius 1 is 1.18 bits per heavy atom. The van der Waals surface area contributed by atoms with Crippen LogP contribution in [0.4, 0.5) is 5.69 Å². The largest absolute Gasteiger partial charge is 0.366 e. The summed E-state index contributed by atoms with van der Waals surface area (Å²) in [4.78, 5) is 31.1. The van der Waals surface area contributed by atoms with E-state index in [1.165, 1.54) is 5.56 Å². The number of anilines is 1. The van der Waals surface area contributed by atoms with Gasteiger partial charge in [0.1, 0.15) is 5.01 Å². The Kier molecular flexibility index (Phi) is 4.96. The van der Waals surface area contributed by atoms with Crippen LogP contribution in [-0.4, -0.2) is 23.3 Å². The van der Waals surface area contributed by atoms with Crippen molar-refractivity contribution in [1.82, 2.24) is 4.98 Å². The number of nitrogens with zero attached hydrogens (tertiary/aromatic N) is 2. The molecule has 0 bridgehead atoms. The van der Waals surface area contributed by atoms with Crippen molar-refractivity contribution in [2.24, 2.45) is 5.73 Å². The minimum atomic E-state index is -0.451. The molecule has 2 amide bonds. The van der Waals surface area contributed by atoms with Crippen LogP contribution in [0.2, 0.25) is 0 Å². The van der Waals surface area contributed by atoms with Gasteiger partial charge in [-0.1, -0.05) is 35.9 Å². The molecule has 28 heavy (non-hydrogen) atoms. The highest BCUT2D eigenvalue weighted by atomic mass is 32.1. The van der Waals surface area contributed by atoms with Crippen molar-refractivity contribution in [2.45, 2.75) is 26.2 Å². The lowest BCUT2D eigenvalue weighted by Gasteiger charge is -2.30. The molecule has 142 valence electrons. The summed E-state index contributed by atoms with van der Waals surface area (Å²) in [5.41, 5.74) is 10.7. The zero-order chi connectivity index (χ0) is 19.7. The highest BCUT2D eigenvalue weighted by molar-refractivity contribution is 7.13. The van der Waals surface area contributed by atoms with Crippen LogP contribution in [0, 0.1) is 6.92 Å². The molecule has 0 saturated heterocycles. The van der Waals surface area contributed by atoms with Gasteiger partial charge >= 0.3 is 0 Å². The first kappa shape index (κ1) is 18.4. The molecule has 2 heterocycles. The van der Waals surface area contributed by atoms with Crippen molar-refractivity contribution >= 4 is 28.8 Å². The van der Waals surface area contributed by atoms with Gasteiger partial charge in [0.05, 0.1) is 12.1 Å². The number of rotatable bonds is 4. The van der Waals surface area contributed by atoms with Gasteiger partial charge in [-0.3, -0.25) is 9.59 Å². The molecule has 0 spiro atoms. The molecule has 2 N–H and O–H groups in total. The quantitative estimate of drug-likeness (QED) is 0.736. The van der Waals surface area contributed by atoms with Crippen molar-refractivity contribution in [3.05, 3.63) is 70.2 Å². The van der Waals surface area contributed by atoms with Crippen molar-refractivity contribution in [1.29, 1.82) is 0 Å². The third-order valence-electron chi connectivity index (χ3n) is 5.00. The van der Waals surface area contributed by atoms with Crippen LogP contribution in [0.1, 0.15) is 33.6 Å². The van der Waals surface area contributed by atoms with E-state index in [4.69, 9.17) is 5.73 Å². The molecule has 0 aliphatic carbocycles. The van der Waals surface area contributed by atoms with E-state index in [9.17, 15) is 9.59 Å². The maximum atomic E-state index is 13.0. The van der Waals surface area contributed by atoms with Crippen LogP contribution in [0.15, 0.2) is 47.8 Å². The number of benzene rings is 2. The van der Waals surface area contributed by atoms with Crippen molar-refractivity contribution in [2.75, 3.05) is 11.4 Å². The van der Waals surface area contributed by atoms with Gasteiger partial charge in [-0.05, 0) is 37.5 Å². The van der Waals surface area contributed by atoms with Crippen LogP contribution in [0.5, 0.6) is 0 Å². The first-order valence-electron chi connectivity index (χ1n) is 9.26. The van der Waals surface area contributed by atoms with E-state index >= 15 is 0 Å². The van der Waals surface area contributed by atoms with Gasteiger partial charge in [-0.25, -0.2) is 4.98 Å². The number of primary amides is 1. The lowest BCUT2D eigenvalue weighted by Crippen LogP contribution is -2.37. The highest BCUT2D eigenvalue weighted by Crippen LogP contribution is 2.31. The second kappa shape index (κ2) is 7.56. The average molecular weight is 391 g/mol. The summed E-state index contributed by atoms with van der Waals surface area (Å²) in [5.74, 6) is -0.461. The highest BCUT2D eigenvalue weighted by Gasteiger charge is 2.26. The average Bonchev–Trinajstić information content (AvgIpc) is 3.15. The Bertz CT molecular complexity index is 1040. The molecule has 5 nitrogen and oxygen atoms in total. The third-order valence-corrected chi connectivity index (χ3v) is 5.94. The molecule has 2 aromatic carbocycles. The van der Waals surface area contributed by atoms with Crippen molar-refractivity contribution in [3.63, 3.8) is 0 Å². The topological polar surface area (TPSA) is 76.3 Å². The second-order valence-electron chi connectivity index (χ2n) is 7.00. The number of aromatic nitrogens is 1. The summed E-state index contributed by atoms with van der Waals surface area (Å²) in [6.07, 6.45) is 1.81. The van der Waals surface area contributed by atoms with Crippen molar-refractivity contribution < 1.29 is 9.59 Å². The Labute approximate surface area is 167 Å². The van der Waals surface area contributed by atoms with Gasteiger partial charge in [-0.2, -0.15) is 0 Å². The molecular weight excluding hydrogens is 370 g/mol. The number of nitrogens with two attached hydrogens (primary N) is 1. The van der Waals surface area contributed by atoms with E-state index in [0.717, 1.165) is 40.4 Å². The van der Waals surface area contributed by atoms with E-state index in [1.54, 1.807) is 28.4 Å². The fourth-order valence-electron chi connectivity index (χ4n) is 3.58. The molecule has 1 aliphatic heterocycles. The molecule has 4 rings (SSSR count). The number of hydrogen-bond donors (Lipinski definition) is 1.